The van der Waals surface area contributed by atoms with Crippen molar-refractivity contribution in [2.45, 2.75) is 30.6 Å². The number of rotatable bonds is 3. The lowest BCUT2D eigenvalue weighted by atomic mass is 9.82. The second-order valence-electron chi connectivity index (χ2n) is 7.36. The first-order valence-corrected chi connectivity index (χ1v) is 9.05. The number of nitrogens with zero attached hydrogens (tertiary/aromatic N) is 7. The third-order valence-electron chi connectivity index (χ3n) is 6.05. The number of hydrogen-bond donors (Lipinski definition) is 0. The zero-order valence-corrected chi connectivity index (χ0v) is 14.0. The highest BCUT2D eigenvalue weighted by Crippen LogP contribution is 2.56. The van der Waals surface area contributed by atoms with Crippen LogP contribution in [0.3, 0.4) is 0 Å². The van der Waals surface area contributed by atoms with Gasteiger partial charge in [0.2, 0.25) is 0 Å². The van der Waals surface area contributed by atoms with E-state index in [0.717, 1.165) is 17.1 Å². The molecule has 0 N–H and O–H groups in total. The van der Waals surface area contributed by atoms with Gasteiger partial charge < -0.3 is 0 Å². The van der Waals surface area contributed by atoms with Crippen molar-refractivity contribution in [3.05, 3.63) is 54.6 Å². The summed E-state index contributed by atoms with van der Waals surface area (Å²) in [6.45, 7) is 0. The summed E-state index contributed by atoms with van der Waals surface area (Å²) in [4.78, 5) is 0. The molecule has 0 unspecified atom stereocenters. The number of fused-ring (bicyclic) bond motifs is 8. The maximum Gasteiger partial charge on any atom is 0.101 e. The molecule has 0 amide bonds. The molecular formula is C19H17N7. The summed E-state index contributed by atoms with van der Waals surface area (Å²) < 4.78 is 0. The highest BCUT2D eigenvalue weighted by Gasteiger charge is 2.65. The molecule has 0 radical (unpaired) electrons. The minimum atomic E-state index is 0.276. The molecule has 0 aromatic heterocycles. The zero-order valence-electron chi connectivity index (χ0n) is 14.0. The van der Waals surface area contributed by atoms with Gasteiger partial charge in [0.1, 0.15) is 18.1 Å². The Kier molecular flexibility index (Phi) is 2.88. The third-order valence-corrected chi connectivity index (χ3v) is 6.05. The maximum atomic E-state index is 4.56. The van der Waals surface area contributed by atoms with Crippen LogP contribution in [0.25, 0.3) is 0 Å². The average molecular weight is 343 g/mol. The first-order valence-electron chi connectivity index (χ1n) is 9.05. The highest BCUT2D eigenvalue weighted by atomic mass is 15.6. The first kappa shape index (κ1) is 14.2. The Morgan fingerprint density at radius 2 is 1.42 bits per heavy atom. The molecule has 4 aliphatic rings. The largest absolute Gasteiger partial charge is 0.242 e. The summed E-state index contributed by atoms with van der Waals surface area (Å²) in [5.41, 5.74) is 2.73. The molecule has 7 heteroatoms. The van der Waals surface area contributed by atoms with Crippen LogP contribution in [0.5, 0.6) is 0 Å². The van der Waals surface area contributed by atoms with Crippen molar-refractivity contribution in [2.24, 2.45) is 42.6 Å². The van der Waals surface area contributed by atoms with Crippen molar-refractivity contribution in [2.75, 3.05) is 5.01 Å². The quantitative estimate of drug-likeness (QED) is 0.732. The molecule has 26 heavy (non-hydrogen) atoms. The van der Waals surface area contributed by atoms with E-state index in [2.05, 4.69) is 35.8 Å². The van der Waals surface area contributed by atoms with Gasteiger partial charge in [0.05, 0.1) is 23.1 Å². The Labute approximate surface area is 150 Å². The average Bonchev–Trinajstić information content (AvgIpc) is 3.29. The fourth-order valence-corrected chi connectivity index (χ4v) is 4.84. The van der Waals surface area contributed by atoms with Gasteiger partial charge in [-0.25, -0.2) is 5.01 Å². The van der Waals surface area contributed by atoms with E-state index >= 15 is 0 Å². The summed E-state index contributed by atoms with van der Waals surface area (Å²) in [5, 5.41) is 28.3. The summed E-state index contributed by atoms with van der Waals surface area (Å²) in [5.74, 6) is 1.06. The fourth-order valence-electron chi connectivity index (χ4n) is 4.84. The van der Waals surface area contributed by atoms with E-state index in [1.54, 1.807) is 0 Å². The first-order chi connectivity index (χ1) is 12.9. The monoisotopic (exact) mass is 343 g/mol. The zero-order chi connectivity index (χ0) is 17.1. The van der Waals surface area contributed by atoms with Crippen molar-refractivity contribution in [1.82, 2.24) is 0 Å². The molecule has 6 rings (SSSR count). The van der Waals surface area contributed by atoms with Crippen LogP contribution in [0.15, 0.2) is 85.4 Å². The molecule has 2 saturated carbocycles. The van der Waals surface area contributed by atoms with E-state index < -0.39 is 0 Å². The summed E-state index contributed by atoms with van der Waals surface area (Å²) in [7, 11) is 0. The molecule has 2 bridgehead atoms. The predicted molar refractivity (Wildman–Crippen MR) is 96.0 cm³/mol. The second-order valence-corrected chi connectivity index (χ2v) is 7.36. The van der Waals surface area contributed by atoms with Crippen molar-refractivity contribution in [3.63, 3.8) is 0 Å². The van der Waals surface area contributed by atoms with E-state index in [-0.39, 0.29) is 6.04 Å². The molecule has 2 aliphatic heterocycles. The van der Waals surface area contributed by atoms with Gasteiger partial charge in [-0.05, 0) is 42.8 Å². The van der Waals surface area contributed by atoms with E-state index in [1.165, 1.54) is 6.42 Å². The molecule has 7 nitrogen and oxygen atoms in total. The minimum Gasteiger partial charge on any atom is -0.242 e. The molecule has 2 fully saturated rings. The lowest BCUT2D eigenvalue weighted by molar-refractivity contribution is 0.242. The lowest BCUT2D eigenvalue weighted by Crippen LogP contribution is -2.52. The van der Waals surface area contributed by atoms with E-state index in [4.69, 9.17) is 0 Å². The molecule has 2 aromatic carbocycles. The summed E-state index contributed by atoms with van der Waals surface area (Å²) >= 11 is 0. The van der Waals surface area contributed by atoms with Crippen molar-refractivity contribution in [3.8, 4) is 0 Å². The van der Waals surface area contributed by atoms with Crippen LogP contribution in [0.4, 0.5) is 17.1 Å². The van der Waals surface area contributed by atoms with Crippen LogP contribution >= 0.6 is 0 Å². The van der Waals surface area contributed by atoms with Gasteiger partial charge in [-0.1, -0.05) is 23.4 Å². The SMILES string of the molecule is c1ccc(N=Nc2ccc(N3N=N[C@H]4[C@H]5C[C@H]([C@@H]6N=N[C@H]56)[C@H]43)cc2)cc1. The topological polar surface area (TPSA) is 77.4 Å². The Bertz CT molecular complexity index is 921. The van der Waals surface area contributed by atoms with Gasteiger partial charge in [0.25, 0.3) is 0 Å². The minimum absolute atomic E-state index is 0.276. The van der Waals surface area contributed by atoms with Crippen LogP contribution < -0.4 is 5.01 Å². The molecule has 2 aliphatic carbocycles. The van der Waals surface area contributed by atoms with E-state index in [0.29, 0.717) is 30.0 Å². The molecule has 0 spiro atoms. The number of hydrogen-bond acceptors (Lipinski definition) is 7. The van der Waals surface area contributed by atoms with Gasteiger partial charge in [0.15, 0.2) is 0 Å². The smallest absolute Gasteiger partial charge is 0.101 e. The third kappa shape index (κ3) is 1.94. The normalized spacial score (nSPS) is 35.8. The number of azo groups is 2. The Morgan fingerprint density at radius 3 is 2.15 bits per heavy atom. The van der Waals surface area contributed by atoms with Crippen LogP contribution in [-0.2, 0) is 0 Å². The maximum absolute atomic E-state index is 4.56. The molecule has 6 atom stereocenters. The van der Waals surface area contributed by atoms with Crippen molar-refractivity contribution >= 4 is 17.1 Å². The number of benzene rings is 2. The molecule has 0 saturated heterocycles. The van der Waals surface area contributed by atoms with Crippen molar-refractivity contribution < 1.29 is 0 Å². The summed E-state index contributed by atoms with van der Waals surface area (Å²) in [6.07, 6.45) is 1.18. The molecule has 2 heterocycles. The van der Waals surface area contributed by atoms with Crippen LogP contribution in [0.2, 0.25) is 0 Å². The van der Waals surface area contributed by atoms with Gasteiger partial charge >= 0.3 is 0 Å². The predicted octanol–water partition coefficient (Wildman–Crippen LogP) is 4.88. The van der Waals surface area contributed by atoms with Gasteiger partial charge in [0, 0.05) is 11.8 Å². The Morgan fingerprint density at radius 1 is 0.731 bits per heavy atom. The molecule has 128 valence electrons. The van der Waals surface area contributed by atoms with Gasteiger partial charge in [-0.15, -0.1) is 0 Å². The van der Waals surface area contributed by atoms with E-state index in [1.807, 2.05) is 54.6 Å². The highest BCUT2D eigenvalue weighted by molar-refractivity contribution is 5.54. The van der Waals surface area contributed by atoms with Crippen LogP contribution in [-0.4, -0.2) is 24.2 Å². The molecule has 2 aromatic rings. The molecular weight excluding hydrogens is 326 g/mol. The van der Waals surface area contributed by atoms with Crippen LogP contribution in [0, 0.1) is 11.8 Å². The summed E-state index contributed by atoms with van der Waals surface area (Å²) in [6, 6.07) is 19.2. The standard InChI is InChI=1S/C19H17N7/c1-2-4-11(5-3-1)20-21-12-6-8-13(9-7-12)26-19-15-10-14(18(19)24-25-26)16-17(15)23-22-16/h1-9,14-19H,10H2/t14-,15+,16+,17-,18-,19+/m0/s1. The van der Waals surface area contributed by atoms with Crippen molar-refractivity contribution in [1.29, 1.82) is 0 Å². The van der Waals surface area contributed by atoms with Crippen LogP contribution in [0.1, 0.15) is 6.42 Å². The Hall–Kier alpha value is -2.96. The second kappa shape index (κ2) is 5.27. The fraction of sp³-hybridized carbons (Fsp3) is 0.368. The Balaban J connectivity index is 1.22. The lowest BCUT2D eigenvalue weighted by Gasteiger charge is -2.38. The van der Waals surface area contributed by atoms with E-state index in [9.17, 15) is 0 Å². The van der Waals surface area contributed by atoms with Gasteiger partial charge in [-0.3, -0.25) is 0 Å². The van der Waals surface area contributed by atoms with Gasteiger partial charge in [-0.2, -0.15) is 25.6 Å². The number of anilines is 1.